The number of hydrogen-bond acceptors (Lipinski definition) is 7. The maximum atomic E-state index is 13.4. The zero-order chi connectivity index (χ0) is 26.6. The van der Waals surface area contributed by atoms with Gasteiger partial charge in [-0.2, -0.15) is 4.98 Å². The highest BCUT2D eigenvalue weighted by molar-refractivity contribution is 7.93. The van der Waals surface area contributed by atoms with Crippen molar-refractivity contribution in [2.75, 3.05) is 46.0 Å². The Kier molecular flexibility index (Phi) is 6.28. The second kappa shape index (κ2) is 9.07. The predicted octanol–water partition coefficient (Wildman–Crippen LogP) is 4.02. The fraction of sp³-hybridized carbons (Fsp3) is 0.560. The van der Waals surface area contributed by atoms with Crippen molar-refractivity contribution < 1.29 is 22.0 Å². The van der Waals surface area contributed by atoms with Gasteiger partial charge in [0.1, 0.15) is 5.82 Å². The molecule has 0 unspecified atom stereocenters. The smallest absolute Gasteiger partial charge is 0.282 e. The lowest BCUT2D eigenvalue weighted by Gasteiger charge is -2.38. The fourth-order valence-corrected chi connectivity index (χ4v) is 5.52. The third-order valence-electron chi connectivity index (χ3n) is 7.46. The predicted molar refractivity (Wildman–Crippen MR) is 139 cm³/mol. The quantitative estimate of drug-likeness (QED) is 0.552. The van der Waals surface area contributed by atoms with E-state index in [1.165, 1.54) is 17.7 Å². The normalized spacial score (nSPS) is 20.1. The van der Waals surface area contributed by atoms with Gasteiger partial charge in [-0.3, -0.25) is 9.52 Å². The molecular formula is C25H32F2N6O3S. The lowest BCUT2D eigenvalue weighted by atomic mass is 9.93. The van der Waals surface area contributed by atoms with Crippen molar-refractivity contribution >= 4 is 39.1 Å². The number of halogens is 2. The number of piperidine rings is 1. The number of aromatic nitrogens is 2. The Morgan fingerprint density at radius 2 is 1.70 bits per heavy atom. The average molecular weight is 535 g/mol. The molecule has 1 spiro atoms. The molecule has 2 saturated heterocycles. The van der Waals surface area contributed by atoms with Gasteiger partial charge in [0.25, 0.3) is 11.8 Å². The van der Waals surface area contributed by atoms with Gasteiger partial charge in [-0.1, -0.05) is 0 Å². The van der Waals surface area contributed by atoms with E-state index in [1.54, 1.807) is 45.0 Å². The molecule has 37 heavy (non-hydrogen) atoms. The van der Waals surface area contributed by atoms with Crippen LogP contribution in [0.3, 0.4) is 0 Å². The van der Waals surface area contributed by atoms with Gasteiger partial charge in [0, 0.05) is 24.8 Å². The third kappa shape index (κ3) is 5.48. The van der Waals surface area contributed by atoms with Crippen molar-refractivity contribution in [3.8, 4) is 0 Å². The van der Waals surface area contributed by atoms with Crippen LogP contribution in [0.25, 0.3) is 0 Å². The molecule has 1 aromatic heterocycles. The van der Waals surface area contributed by atoms with E-state index in [4.69, 9.17) is 0 Å². The number of carbonyl (C=O) groups excluding carboxylic acids is 1. The molecular weight excluding hydrogens is 502 g/mol. The maximum Gasteiger partial charge on any atom is 0.282 e. The summed E-state index contributed by atoms with van der Waals surface area (Å²) in [6, 6.07) is 6.47. The van der Waals surface area contributed by atoms with E-state index < -0.39 is 40.2 Å². The minimum Gasteiger partial charge on any atom is -0.371 e. The maximum absolute atomic E-state index is 13.4. The third-order valence-corrected chi connectivity index (χ3v) is 9.22. The minimum atomic E-state index is -3.56. The molecule has 2 aliphatic heterocycles. The van der Waals surface area contributed by atoms with Crippen molar-refractivity contribution in [2.45, 2.75) is 57.6 Å². The largest absolute Gasteiger partial charge is 0.371 e. The molecule has 3 aliphatic rings. The number of hydrogen-bond donors (Lipinski definition) is 2. The van der Waals surface area contributed by atoms with Crippen molar-refractivity contribution in [1.82, 2.24) is 9.97 Å². The second-order valence-electron chi connectivity index (χ2n) is 10.8. The Bertz CT molecular complexity index is 1310. The van der Waals surface area contributed by atoms with Crippen LogP contribution in [0.5, 0.6) is 0 Å². The number of alkyl halides is 2. The summed E-state index contributed by atoms with van der Waals surface area (Å²) in [4.78, 5) is 25.4. The van der Waals surface area contributed by atoms with Gasteiger partial charge in [-0.25, -0.2) is 22.2 Å². The molecule has 2 aromatic rings. The standard InChI is InChI=1S/C25H32F2N6O3S/c1-16(2)37(35,36)31-18-4-5-19(20(13-18)32-10-8-24(6-7-24)9-11-32)22(34)29-21-12-17(3)28-23(30-21)33-14-25(26,27)15-33/h4-5,12-13,16,31H,6-11,14-15H2,1-3H3,(H,28,29,30,34). The van der Waals surface area contributed by atoms with Crippen LogP contribution in [0.1, 0.15) is 55.6 Å². The Morgan fingerprint density at radius 1 is 1.03 bits per heavy atom. The molecule has 3 fully saturated rings. The van der Waals surface area contributed by atoms with E-state index in [0.717, 1.165) is 25.9 Å². The molecule has 2 N–H and O–H groups in total. The first-order valence-corrected chi connectivity index (χ1v) is 14.1. The molecule has 1 aromatic carbocycles. The summed E-state index contributed by atoms with van der Waals surface area (Å²) in [5.74, 6) is -2.82. The summed E-state index contributed by atoms with van der Waals surface area (Å²) in [5, 5.41) is 2.18. The summed E-state index contributed by atoms with van der Waals surface area (Å²) < 4.78 is 54.2. The SMILES string of the molecule is Cc1cc(NC(=O)c2ccc(NS(=O)(=O)C(C)C)cc2N2CCC3(CC2)CC3)nc(N2CC(F)(F)C2)n1. The van der Waals surface area contributed by atoms with Gasteiger partial charge >= 0.3 is 0 Å². The molecule has 0 atom stereocenters. The van der Waals surface area contributed by atoms with Gasteiger partial charge in [0.2, 0.25) is 16.0 Å². The van der Waals surface area contributed by atoms with Crippen molar-refractivity contribution in [3.05, 3.63) is 35.5 Å². The Hall–Kier alpha value is -3.02. The van der Waals surface area contributed by atoms with E-state index in [0.29, 0.717) is 28.0 Å². The molecule has 0 bridgehead atoms. The first-order valence-electron chi connectivity index (χ1n) is 12.6. The first kappa shape index (κ1) is 25.6. The summed E-state index contributed by atoms with van der Waals surface area (Å²) >= 11 is 0. The zero-order valence-electron chi connectivity index (χ0n) is 21.2. The highest BCUT2D eigenvalue weighted by Crippen LogP contribution is 2.54. The Balaban J connectivity index is 1.41. The van der Waals surface area contributed by atoms with Crippen molar-refractivity contribution in [3.63, 3.8) is 0 Å². The highest BCUT2D eigenvalue weighted by Gasteiger charge is 2.46. The van der Waals surface area contributed by atoms with Gasteiger partial charge in [-0.05, 0) is 70.1 Å². The van der Waals surface area contributed by atoms with Crippen LogP contribution in [0.2, 0.25) is 0 Å². The number of benzene rings is 1. The van der Waals surface area contributed by atoms with Crippen molar-refractivity contribution in [2.24, 2.45) is 5.41 Å². The van der Waals surface area contributed by atoms with Crippen LogP contribution < -0.4 is 19.8 Å². The molecule has 3 heterocycles. The highest BCUT2D eigenvalue weighted by atomic mass is 32.2. The summed E-state index contributed by atoms with van der Waals surface area (Å²) in [6.07, 6.45) is 4.54. The van der Waals surface area contributed by atoms with Crippen molar-refractivity contribution in [1.29, 1.82) is 0 Å². The summed E-state index contributed by atoms with van der Waals surface area (Å²) in [6.45, 7) is 5.55. The average Bonchev–Trinajstić information content (AvgIpc) is 3.55. The van der Waals surface area contributed by atoms with Gasteiger partial charge < -0.3 is 15.1 Å². The second-order valence-corrected chi connectivity index (χ2v) is 13.0. The van der Waals surface area contributed by atoms with Crippen LogP contribution in [-0.2, 0) is 10.0 Å². The fourth-order valence-electron chi connectivity index (χ4n) is 4.83. The molecule has 9 nitrogen and oxygen atoms in total. The number of carbonyl (C=O) groups is 1. The van der Waals surface area contributed by atoms with Crippen LogP contribution in [0, 0.1) is 12.3 Å². The summed E-state index contributed by atoms with van der Waals surface area (Å²) in [5.41, 5.74) is 2.39. The van der Waals surface area contributed by atoms with E-state index in [1.807, 2.05) is 0 Å². The molecule has 12 heteroatoms. The topological polar surface area (TPSA) is 108 Å². The van der Waals surface area contributed by atoms with E-state index in [9.17, 15) is 22.0 Å². The lowest BCUT2D eigenvalue weighted by molar-refractivity contribution is -0.0271. The Labute approximate surface area is 215 Å². The molecule has 200 valence electrons. The van der Waals surface area contributed by atoms with Crippen LogP contribution >= 0.6 is 0 Å². The number of anilines is 4. The van der Waals surface area contributed by atoms with Crippen LogP contribution in [0.15, 0.2) is 24.3 Å². The number of sulfonamides is 1. The lowest BCUT2D eigenvalue weighted by Crippen LogP contribution is -2.57. The van der Waals surface area contributed by atoms with E-state index in [-0.39, 0.29) is 11.8 Å². The molecule has 1 saturated carbocycles. The van der Waals surface area contributed by atoms with Gasteiger partial charge in [0.05, 0.1) is 35.3 Å². The number of aryl methyl sites for hydroxylation is 1. The number of nitrogens with zero attached hydrogens (tertiary/aromatic N) is 4. The molecule has 0 radical (unpaired) electrons. The van der Waals surface area contributed by atoms with E-state index in [2.05, 4.69) is 24.9 Å². The minimum absolute atomic E-state index is 0.144. The molecule has 5 rings (SSSR count). The van der Waals surface area contributed by atoms with Crippen LogP contribution in [-0.4, -0.2) is 61.6 Å². The molecule has 1 amide bonds. The zero-order valence-corrected chi connectivity index (χ0v) is 22.0. The van der Waals surface area contributed by atoms with Gasteiger partial charge in [0.15, 0.2) is 0 Å². The number of rotatable bonds is 7. The number of amides is 1. The van der Waals surface area contributed by atoms with Crippen LogP contribution in [0.4, 0.5) is 31.9 Å². The number of nitrogens with one attached hydrogen (secondary N) is 2. The Morgan fingerprint density at radius 3 is 2.30 bits per heavy atom. The van der Waals surface area contributed by atoms with Gasteiger partial charge in [-0.15, -0.1) is 0 Å². The molecule has 1 aliphatic carbocycles. The van der Waals surface area contributed by atoms with E-state index >= 15 is 0 Å². The monoisotopic (exact) mass is 534 g/mol. The summed E-state index contributed by atoms with van der Waals surface area (Å²) in [7, 11) is -3.56. The first-order chi connectivity index (χ1) is 17.3.